The maximum Gasteiger partial charge on any atom is 0.516 e. The zero-order chi connectivity index (χ0) is 9.61. The summed E-state index contributed by atoms with van der Waals surface area (Å²) in [5.74, 6) is 0. The molecule has 0 aliphatic carbocycles. The van der Waals surface area contributed by atoms with Crippen LogP contribution in [-0.4, -0.2) is 35.7 Å². The molecule has 74 valence electrons. The van der Waals surface area contributed by atoms with Gasteiger partial charge in [-0.3, -0.25) is 9.96 Å². The van der Waals surface area contributed by atoms with Crippen LogP contribution in [0, 0.1) is 0 Å². The van der Waals surface area contributed by atoms with E-state index in [9.17, 15) is 0 Å². The van der Waals surface area contributed by atoms with Gasteiger partial charge in [0.25, 0.3) is 0 Å². The van der Waals surface area contributed by atoms with Crippen molar-refractivity contribution in [3.8, 4) is 0 Å². The highest BCUT2D eigenvalue weighted by atomic mass is 28.4. The molecule has 0 bridgehead atoms. The summed E-state index contributed by atoms with van der Waals surface area (Å²) in [5.41, 5.74) is 0. The molecule has 0 saturated heterocycles. The van der Waals surface area contributed by atoms with Gasteiger partial charge in [0.05, 0.1) is 0 Å². The lowest BCUT2D eigenvalue weighted by molar-refractivity contribution is 0.210. The van der Waals surface area contributed by atoms with Crippen LogP contribution < -0.4 is 9.96 Å². The summed E-state index contributed by atoms with van der Waals surface area (Å²) in [6.45, 7) is 7.00. The van der Waals surface area contributed by atoms with Crippen molar-refractivity contribution < 1.29 is 8.85 Å². The van der Waals surface area contributed by atoms with Gasteiger partial charge in [0.2, 0.25) is 0 Å². The van der Waals surface area contributed by atoms with E-state index < -0.39 is 8.88 Å². The molecule has 0 aliphatic heterocycles. The van der Waals surface area contributed by atoms with Crippen molar-refractivity contribution in [2.45, 2.75) is 26.8 Å². The minimum Gasteiger partial charge on any atom is -0.374 e. The summed E-state index contributed by atoms with van der Waals surface area (Å²) in [5, 5.41) is 0. The van der Waals surface area contributed by atoms with E-state index in [0.29, 0.717) is 6.04 Å². The van der Waals surface area contributed by atoms with Gasteiger partial charge >= 0.3 is 8.88 Å². The summed E-state index contributed by atoms with van der Waals surface area (Å²) in [6.07, 6.45) is 0. The van der Waals surface area contributed by atoms with E-state index in [2.05, 4.69) is 23.8 Å². The van der Waals surface area contributed by atoms with E-state index in [0.717, 1.165) is 6.54 Å². The molecule has 12 heavy (non-hydrogen) atoms. The van der Waals surface area contributed by atoms with E-state index >= 15 is 0 Å². The molecule has 0 amide bonds. The van der Waals surface area contributed by atoms with Crippen LogP contribution in [0.1, 0.15) is 20.8 Å². The molecule has 0 aromatic carbocycles. The Morgan fingerprint density at radius 2 is 1.75 bits per heavy atom. The molecule has 0 aromatic heterocycles. The van der Waals surface area contributed by atoms with Crippen molar-refractivity contribution in [1.29, 1.82) is 0 Å². The Bertz CT molecular complexity index is 118. The van der Waals surface area contributed by atoms with Crippen LogP contribution in [-0.2, 0) is 8.85 Å². The normalized spacial score (nSPS) is 12.5. The largest absolute Gasteiger partial charge is 0.516 e. The molecule has 0 atom stereocenters. The zero-order valence-corrected chi connectivity index (χ0v) is 9.60. The van der Waals surface area contributed by atoms with Gasteiger partial charge in [-0.1, -0.05) is 20.8 Å². The van der Waals surface area contributed by atoms with Crippen LogP contribution in [0.2, 0.25) is 0 Å². The van der Waals surface area contributed by atoms with Crippen LogP contribution >= 0.6 is 0 Å². The first-order valence-corrected chi connectivity index (χ1v) is 6.05. The van der Waals surface area contributed by atoms with Crippen LogP contribution in [0.4, 0.5) is 0 Å². The fraction of sp³-hybridized carbons (Fsp3) is 1.00. The van der Waals surface area contributed by atoms with Crippen molar-refractivity contribution in [3.63, 3.8) is 0 Å². The predicted octanol–water partition coefficient (Wildman–Crippen LogP) is 0.322. The molecule has 2 N–H and O–H groups in total. The molecule has 4 nitrogen and oxygen atoms in total. The third-order valence-electron chi connectivity index (χ3n) is 1.46. The Hall–Kier alpha value is 0.0569. The van der Waals surface area contributed by atoms with Crippen LogP contribution in [0.15, 0.2) is 0 Å². The van der Waals surface area contributed by atoms with Gasteiger partial charge in [0.1, 0.15) is 0 Å². The number of hydrogen-bond acceptors (Lipinski definition) is 4. The Morgan fingerprint density at radius 3 is 2.00 bits per heavy atom. The van der Waals surface area contributed by atoms with E-state index in [-0.39, 0.29) is 0 Å². The second-order valence-corrected chi connectivity index (χ2v) is 5.55. The average molecular weight is 192 g/mol. The summed E-state index contributed by atoms with van der Waals surface area (Å²) in [7, 11) is 1.01. The van der Waals surface area contributed by atoms with Crippen molar-refractivity contribution in [2.24, 2.45) is 0 Å². The van der Waals surface area contributed by atoms with Gasteiger partial charge < -0.3 is 8.85 Å². The molecule has 0 saturated carbocycles. The Labute approximate surface area is 76.0 Å². The molecular formula is C7H20N2O2Si. The lowest BCUT2D eigenvalue weighted by Gasteiger charge is -2.29. The second kappa shape index (κ2) is 5.66. The standard InChI is InChI=1S/C7H20N2O2Si/c1-6-8-12(10-4,11-5)9-7(2)3/h7-9H,6H2,1-5H3. The number of hydrogen-bond donors (Lipinski definition) is 2. The minimum absolute atomic E-state index is 0.357. The van der Waals surface area contributed by atoms with E-state index in [1.165, 1.54) is 0 Å². The quantitative estimate of drug-likeness (QED) is 0.595. The highest BCUT2D eigenvalue weighted by Crippen LogP contribution is 1.97. The highest BCUT2D eigenvalue weighted by molar-refractivity contribution is 6.62. The van der Waals surface area contributed by atoms with Crippen molar-refractivity contribution in [3.05, 3.63) is 0 Å². The molecule has 0 heterocycles. The molecule has 0 fully saturated rings. The fourth-order valence-corrected chi connectivity index (χ4v) is 3.03. The minimum atomic E-state index is -2.31. The van der Waals surface area contributed by atoms with Crippen LogP contribution in [0.3, 0.4) is 0 Å². The van der Waals surface area contributed by atoms with Gasteiger partial charge in [-0.15, -0.1) is 0 Å². The summed E-state index contributed by atoms with van der Waals surface area (Å²) >= 11 is 0. The topological polar surface area (TPSA) is 42.5 Å². The molecule has 0 rings (SSSR count). The summed E-state index contributed by atoms with van der Waals surface area (Å²) in [6, 6.07) is 0.357. The van der Waals surface area contributed by atoms with E-state index in [4.69, 9.17) is 8.85 Å². The van der Waals surface area contributed by atoms with Crippen molar-refractivity contribution in [1.82, 2.24) is 9.96 Å². The molecule has 0 spiro atoms. The van der Waals surface area contributed by atoms with Gasteiger partial charge in [-0.2, -0.15) is 0 Å². The molecule has 0 radical (unpaired) electrons. The number of nitrogens with one attached hydrogen (secondary N) is 2. The maximum absolute atomic E-state index is 5.33. The van der Waals surface area contributed by atoms with Crippen LogP contribution in [0.25, 0.3) is 0 Å². The summed E-state index contributed by atoms with van der Waals surface area (Å²) < 4.78 is 10.7. The van der Waals surface area contributed by atoms with E-state index in [1.54, 1.807) is 14.2 Å². The first kappa shape index (κ1) is 12.1. The lowest BCUT2D eigenvalue weighted by atomic mass is 10.4. The van der Waals surface area contributed by atoms with Gasteiger partial charge in [0, 0.05) is 20.3 Å². The SMILES string of the molecule is CCN[Si](NC(C)C)(OC)OC. The third-order valence-corrected chi connectivity index (χ3v) is 4.39. The lowest BCUT2D eigenvalue weighted by Crippen LogP contribution is -2.67. The highest BCUT2D eigenvalue weighted by Gasteiger charge is 2.36. The zero-order valence-electron chi connectivity index (χ0n) is 8.60. The third kappa shape index (κ3) is 3.64. The summed E-state index contributed by atoms with van der Waals surface area (Å²) in [4.78, 5) is 6.49. The van der Waals surface area contributed by atoms with Gasteiger partial charge in [0.15, 0.2) is 0 Å². The van der Waals surface area contributed by atoms with Crippen molar-refractivity contribution >= 4 is 8.88 Å². The molecule has 0 aromatic rings. The van der Waals surface area contributed by atoms with E-state index in [1.807, 2.05) is 6.92 Å². The Morgan fingerprint density at radius 1 is 1.25 bits per heavy atom. The Kier molecular flexibility index (Phi) is 5.69. The van der Waals surface area contributed by atoms with Crippen molar-refractivity contribution in [2.75, 3.05) is 20.8 Å². The Balaban J connectivity index is 4.13. The first-order chi connectivity index (χ1) is 5.60. The first-order valence-electron chi connectivity index (χ1n) is 4.23. The second-order valence-electron chi connectivity index (χ2n) is 2.85. The van der Waals surface area contributed by atoms with Gasteiger partial charge in [-0.05, 0) is 6.54 Å². The molecule has 0 unspecified atom stereocenters. The molecule has 0 aliphatic rings. The van der Waals surface area contributed by atoms with Gasteiger partial charge in [-0.25, -0.2) is 0 Å². The fourth-order valence-electron chi connectivity index (χ4n) is 1.01. The maximum atomic E-state index is 5.33. The average Bonchev–Trinajstić information content (AvgIpc) is 2.03. The molecule has 5 heteroatoms. The monoisotopic (exact) mass is 192 g/mol. The number of rotatable bonds is 6. The smallest absolute Gasteiger partial charge is 0.374 e. The predicted molar refractivity (Wildman–Crippen MR) is 51.7 cm³/mol. The molecular weight excluding hydrogens is 172 g/mol. The van der Waals surface area contributed by atoms with Crippen LogP contribution in [0.5, 0.6) is 0 Å².